The van der Waals surface area contributed by atoms with E-state index in [0.29, 0.717) is 30.1 Å². The second kappa shape index (κ2) is 5.88. The van der Waals surface area contributed by atoms with Crippen molar-refractivity contribution in [1.82, 2.24) is 4.90 Å². The second-order valence-corrected chi connectivity index (χ2v) is 7.35. The van der Waals surface area contributed by atoms with Gasteiger partial charge in [0.25, 0.3) is 0 Å². The van der Waals surface area contributed by atoms with Crippen LogP contribution in [-0.2, 0) is 4.74 Å². The molecule has 2 rings (SSSR count). The third kappa shape index (κ3) is 2.94. The van der Waals surface area contributed by atoms with Gasteiger partial charge in [0.2, 0.25) is 0 Å². The zero-order valence-electron chi connectivity index (χ0n) is 13.0. The minimum atomic E-state index is -0.370. The molecule has 0 spiro atoms. The number of ether oxygens (including phenoxy) is 1. The van der Waals surface area contributed by atoms with Gasteiger partial charge in [-0.1, -0.05) is 20.8 Å². The van der Waals surface area contributed by atoms with Crippen LogP contribution in [0.5, 0.6) is 0 Å². The van der Waals surface area contributed by atoms with Crippen molar-refractivity contribution in [2.75, 3.05) is 27.2 Å². The normalized spacial score (nSPS) is 37.4. The summed E-state index contributed by atoms with van der Waals surface area (Å²) >= 11 is 0. The van der Waals surface area contributed by atoms with Crippen LogP contribution in [0.3, 0.4) is 0 Å². The monoisotopic (exact) mass is 291 g/mol. The molecule has 4 atom stereocenters. The SMILES string of the molecule is CN(C)CC(O)COC1CC2CCC1(C)C2(C)C.Cl. The van der Waals surface area contributed by atoms with Gasteiger partial charge in [0.15, 0.2) is 0 Å². The van der Waals surface area contributed by atoms with E-state index in [1.54, 1.807) is 0 Å². The Bertz CT molecular complexity index is 309. The minimum absolute atomic E-state index is 0. The van der Waals surface area contributed by atoms with Crippen LogP contribution in [0.2, 0.25) is 0 Å². The summed E-state index contributed by atoms with van der Waals surface area (Å²) in [4.78, 5) is 2.00. The average molecular weight is 292 g/mol. The highest BCUT2D eigenvalue weighted by Gasteiger charge is 2.61. The number of hydrogen-bond donors (Lipinski definition) is 1. The van der Waals surface area contributed by atoms with Crippen LogP contribution < -0.4 is 0 Å². The predicted octanol–water partition coefficient (Wildman–Crippen LogP) is 2.56. The molecule has 2 saturated carbocycles. The molecule has 0 saturated heterocycles. The van der Waals surface area contributed by atoms with Gasteiger partial charge >= 0.3 is 0 Å². The Labute approximate surface area is 124 Å². The Morgan fingerprint density at radius 2 is 1.95 bits per heavy atom. The summed E-state index contributed by atoms with van der Waals surface area (Å²) in [7, 11) is 3.95. The maximum atomic E-state index is 9.90. The van der Waals surface area contributed by atoms with Crippen molar-refractivity contribution >= 4 is 12.4 Å². The molecule has 4 unspecified atom stereocenters. The standard InChI is InChI=1S/C15H29NO2.ClH/c1-14(2)11-6-7-15(14,3)13(8-11)18-10-12(17)9-16(4)5;/h11-13,17H,6-10H2,1-5H3;1H. The molecule has 2 aliphatic carbocycles. The lowest BCUT2D eigenvalue weighted by molar-refractivity contribution is -0.0776. The van der Waals surface area contributed by atoms with E-state index in [1.807, 2.05) is 19.0 Å². The first-order valence-corrected chi connectivity index (χ1v) is 7.22. The molecule has 2 fully saturated rings. The Morgan fingerprint density at radius 3 is 2.37 bits per heavy atom. The van der Waals surface area contributed by atoms with Crippen molar-refractivity contribution < 1.29 is 9.84 Å². The maximum absolute atomic E-state index is 9.90. The summed E-state index contributed by atoms with van der Waals surface area (Å²) < 4.78 is 6.06. The summed E-state index contributed by atoms with van der Waals surface area (Å²) in [5.74, 6) is 0.804. The lowest BCUT2D eigenvalue weighted by Gasteiger charge is -2.39. The van der Waals surface area contributed by atoms with Crippen molar-refractivity contribution in [2.45, 2.75) is 52.2 Å². The summed E-state index contributed by atoms with van der Waals surface area (Å²) in [5, 5.41) is 9.90. The number of hydrogen-bond acceptors (Lipinski definition) is 3. The molecule has 2 aliphatic rings. The number of fused-ring (bicyclic) bond motifs is 2. The highest BCUT2D eigenvalue weighted by Crippen LogP contribution is 2.66. The smallest absolute Gasteiger partial charge is 0.0900 e. The first-order chi connectivity index (χ1) is 8.27. The fourth-order valence-electron chi connectivity index (χ4n) is 4.08. The predicted molar refractivity (Wildman–Crippen MR) is 80.8 cm³/mol. The Morgan fingerprint density at radius 1 is 1.32 bits per heavy atom. The lowest BCUT2D eigenvalue weighted by atomic mass is 9.70. The van der Waals surface area contributed by atoms with Crippen LogP contribution in [0.25, 0.3) is 0 Å². The van der Waals surface area contributed by atoms with Gasteiger partial charge < -0.3 is 14.7 Å². The van der Waals surface area contributed by atoms with Crippen LogP contribution in [0, 0.1) is 16.7 Å². The quantitative estimate of drug-likeness (QED) is 0.845. The first kappa shape index (κ1) is 17.2. The molecule has 0 aliphatic heterocycles. The van der Waals surface area contributed by atoms with E-state index in [9.17, 15) is 5.11 Å². The maximum Gasteiger partial charge on any atom is 0.0900 e. The van der Waals surface area contributed by atoms with E-state index in [0.717, 1.165) is 5.92 Å². The molecule has 0 radical (unpaired) electrons. The van der Waals surface area contributed by atoms with Gasteiger partial charge in [0.1, 0.15) is 0 Å². The zero-order chi connectivity index (χ0) is 13.6. The topological polar surface area (TPSA) is 32.7 Å². The number of aliphatic hydroxyl groups excluding tert-OH is 1. The Balaban J connectivity index is 0.00000180. The van der Waals surface area contributed by atoms with Crippen LogP contribution >= 0.6 is 12.4 Å². The second-order valence-electron chi connectivity index (χ2n) is 7.35. The molecule has 0 aromatic carbocycles. The van der Waals surface area contributed by atoms with Crippen LogP contribution in [0.4, 0.5) is 0 Å². The molecule has 0 aromatic rings. The van der Waals surface area contributed by atoms with Gasteiger partial charge in [-0.15, -0.1) is 12.4 Å². The molecule has 19 heavy (non-hydrogen) atoms. The number of nitrogens with zero attached hydrogens (tertiary/aromatic N) is 1. The van der Waals surface area contributed by atoms with Gasteiger partial charge in [-0.3, -0.25) is 0 Å². The van der Waals surface area contributed by atoms with Gasteiger partial charge in [0, 0.05) is 6.54 Å². The lowest BCUT2D eigenvalue weighted by Crippen LogP contribution is -2.39. The molecular formula is C15H30ClNO2. The molecule has 1 N–H and O–H groups in total. The van der Waals surface area contributed by atoms with E-state index >= 15 is 0 Å². The Kier molecular flexibility index (Phi) is 5.33. The highest BCUT2D eigenvalue weighted by molar-refractivity contribution is 5.85. The summed E-state index contributed by atoms with van der Waals surface area (Å²) in [6.07, 6.45) is 3.77. The largest absolute Gasteiger partial charge is 0.389 e. The zero-order valence-corrected chi connectivity index (χ0v) is 13.8. The molecule has 2 bridgehead atoms. The number of aliphatic hydroxyl groups is 1. The van der Waals surface area contributed by atoms with Gasteiger partial charge in [-0.05, 0) is 50.1 Å². The van der Waals surface area contributed by atoms with Crippen LogP contribution in [0.15, 0.2) is 0 Å². The van der Waals surface area contributed by atoms with Crippen molar-refractivity contribution in [1.29, 1.82) is 0 Å². The van der Waals surface area contributed by atoms with Gasteiger partial charge in [0.05, 0.1) is 18.8 Å². The molecule has 114 valence electrons. The summed E-state index contributed by atoms with van der Waals surface area (Å²) in [5.41, 5.74) is 0.694. The number of halogens is 1. The average Bonchev–Trinajstić information content (AvgIpc) is 2.57. The fourth-order valence-corrected chi connectivity index (χ4v) is 4.08. The van der Waals surface area contributed by atoms with E-state index in [2.05, 4.69) is 20.8 Å². The van der Waals surface area contributed by atoms with Crippen molar-refractivity contribution in [3.05, 3.63) is 0 Å². The first-order valence-electron chi connectivity index (χ1n) is 7.22. The third-order valence-corrected chi connectivity index (χ3v) is 5.78. The molecule has 3 nitrogen and oxygen atoms in total. The fraction of sp³-hybridized carbons (Fsp3) is 1.00. The molecule has 0 heterocycles. The minimum Gasteiger partial charge on any atom is -0.389 e. The van der Waals surface area contributed by atoms with Crippen molar-refractivity contribution in [3.8, 4) is 0 Å². The highest BCUT2D eigenvalue weighted by atomic mass is 35.5. The van der Waals surface area contributed by atoms with Crippen LogP contribution in [-0.4, -0.2) is 49.5 Å². The van der Waals surface area contributed by atoms with Gasteiger partial charge in [-0.2, -0.15) is 0 Å². The molecular weight excluding hydrogens is 262 g/mol. The molecule has 0 aromatic heterocycles. The van der Waals surface area contributed by atoms with Crippen molar-refractivity contribution in [3.63, 3.8) is 0 Å². The Hall–Kier alpha value is 0.170. The number of rotatable bonds is 5. The number of likely N-dealkylation sites (N-methyl/N-ethyl adjacent to an activating group) is 1. The third-order valence-electron chi connectivity index (χ3n) is 5.78. The van der Waals surface area contributed by atoms with E-state index in [1.165, 1.54) is 19.3 Å². The van der Waals surface area contributed by atoms with Crippen molar-refractivity contribution in [2.24, 2.45) is 16.7 Å². The van der Waals surface area contributed by atoms with Gasteiger partial charge in [-0.25, -0.2) is 0 Å². The van der Waals surface area contributed by atoms with Crippen LogP contribution in [0.1, 0.15) is 40.0 Å². The van der Waals surface area contributed by atoms with E-state index in [-0.39, 0.29) is 18.5 Å². The molecule has 0 amide bonds. The van der Waals surface area contributed by atoms with E-state index < -0.39 is 0 Å². The van der Waals surface area contributed by atoms with E-state index in [4.69, 9.17) is 4.74 Å². The molecule has 4 heteroatoms. The summed E-state index contributed by atoms with van der Waals surface area (Å²) in [6.45, 7) is 8.31. The summed E-state index contributed by atoms with van der Waals surface area (Å²) in [6, 6.07) is 0.